The molecule has 0 aliphatic carbocycles. The third-order valence-corrected chi connectivity index (χ3v) is 1.56. The molecule has 58 valence electrons. The Morgan fingerprint density at radius 3 is 2.91 bits per heavy atom. The quantitative estimate of drug-likeness (QED) is 0.755. The molecule has 3 nitrogen and oxygen atoms in total. The average Bonchev–Trinajstić information content (AvgIpc) is 2.04. The van der Waals surface area contributed by atoms with Crippen LogP contribution in [0.3, 0.4) is 0 Å². The Labute approximate surface area is 73.2 Å². The van der Waals surface area contributed by atoms with Gasteiger partial charge in [-0.1, -0.05) is 12.7 Å². The minimum Gasteiger partial charge on any atom is -0.479 e. The van der Waals surface area contributed by atoms with Crippen molar-refractivity contribution in [2.75, 3.05) is 7.11 Å². The van der Waals surface area contributed by atoms with Crippen LogP contribution >= 0.6 is 15.9 Å². The van der Waals surface area contributed by atoms with Gasteiger partial charge >= 0.3 is 0 Å². The zero-order valence-electron chi connectivity index (χ0n) is 6.04. The van der Waals surface area contributed by atoms with E-state index in [9.17, 15) is 0 Å². The molecule has 0 N–H and O–H groups in total. The largest absolute Gasteiger partial charge is 0.479 e. The molecule has 4 heteroatoms. The summed E-state index contributed by atoms with van der Waals surface area (Å²) in [6.45, 7) is 3.61. The van der Waals surface area contributed by atoms with Gasteiger partial charge < -0.3 is 4.74 Å². The van der Waals surface area contributed by atoms with E-state index >= 15 is 0 Å². The second-order valence-corrected chi connectivity index (χ2v) is 2.65. The van der Waals surface area contributed by atoms with Crippen LogP contribution in [-0.2, 0) is 0 Å². The Hall–Kier alpha value is -0.900. The van der Waals surface area contributed by atoms with Gasteiger partial charge in [-0.3, -0.25) is 0 Å². The van der Waals surface area contributed by atoms with Gasteiger partial charge in [0.15, 0.2) is 0 Å². The highest BCUT2D eigenvalue weighted by atomic mass is 79.9. The Kier molecular flexibility index (Phi) is 2.59. The number of aromatic nitrogens is 2. The molecular weight excluding hydrogens is 208 g/mol. The molecule has 0 spiro atoms. The van der Waals surface area contributed by atoms with Gasteiger partial charge in [0.25, 0.3) is 0 Å². The van der Waals surface area contributed by atoms with E-state index in [-0.39, 0.29) is 0 Å². The lowest BCUT2D eigenvalue weighted by Gasteiger charge is -2.00. The smallest absolute Gasteiger partial charge is 0.240 e. The molecule has 1 aromatic rings. The van der Waals surface area contributed by atoms with Crippen molar-refractivity contribution in [2.24, 2.45) is 0 Å². The van der Waals surface area contributed by atoms with Crippen molar-refractivity contribution in [1.82, 2.24) is 10.2 Å². The summed E-state index contributed by atoms with van der Waals surface area (Å²) >= 11 is 3.19. The van der Waals surface area contributed by atoms with Crippen LogP contribution in [0.1, 0.15) is 5.56 Å². The molecule has 0 atom stereocenters. The van der Waals surface area contributed by atoms with E-state index < -0.39 is 0 Å². The third kappa shape index (κ3) is 1.77. The molecule has 1 aromatic heterocycles. The summed E-state index contributed by atoms with van der Waals surface area (Å²) in [6, 6.07) is 1.79. The summed E-state index contributed by atoms with van der Waals surface area (Å²) < 4.78 is 5.60. The maximum absolute atomic E-state index is 4.93. The van der Waals surface area contributed by atoms with Crippen LogP contribution < -0.4 is 4.74 Å². The normalized spacial score (nSPS) is 9.27. The van der Waals surface area contributed by atoms with Crippen LogP contribution in [0.15, 0.2) is 17.2 Å². The Morgan fingerprint density at radius 2 is 2.36 bits per heavy atom. The van der Waals surface area contributed by atoms with Gasteiger partial charge in [-0.15, -0.1) is 10.2 Å². The van der Waals surface area contributed by atoms with Crippen molar-refractivity contribution in [3.63, 3.8) is 0 Å². The van der Waals surface area contributed by atoms with Gasteiger partial charge in [-0.2, -0.15) is 0 Å². The maximum atomic E-state index is 4.93. The van der Waals surface area contributed by atoms with Crippen molar-refractivity contribution < 1.29 is 4.74 Å². The fraction of sp³-hybridized carbons (Fsp3) is 0.143. The number of ether oxygens (including phenoxy) is 1. The summed E-state index contributed by atoms with van der Waals surface area (Å²) in [4.78, 5) is 0. The molecule has 0 aromatic carbocycles. The summed E-state index contributed by atoms with van der Waals surface area (Å²) in [6.07, 6.45) is 1.66. The number of halogens is 1. The van der Waals surface area contributed by atoms with E-state index in [4.69, 9.17) is 4.74 Å². The maximum Gasteiger partial charge on any atom is 0.240 e. The predicted octanol–water partition coefficient (Wildman–Crippen LogP) is 1.89. The minimum atomic E-state index is 0.489. The first kappa shape index (κ1) is 8.20. The molecule has 1 heterocycles. The molecule has 0 unspecified atom stereocenters. The van der Waals surface area contributed by atoms with Crippen molar-refractivity contribution in [3.05, 3.63) is 22.8 Å². The molecule has 0 aliphatic heterocycles. The number of hydrogen-bond donors (Lipinski definition) is 0. The lowest BCUT2D eigenvalue weighted by Crippen LogP contribution is -1.93. The lowest BCUT2D eigenvalue weighted by atomic mass is 10.3. The van der Waals surface area contributed by atoms with Gasteiger partial charge in [0.1, 0.15) is 4.60 Å². The van der Waals surface area contributed by atoms with E-state index in [1.165, 1.54) is 0 Å². The Bertz CT molecular complexity index is 275. The van der Waals surface area contributed by atoms with Gasteiger partial charge in [0.05, 0.1) is 7.11 Å². The van der Waals surface area contributed by atoms with E-state index in [0.717, 1.165) is 5.56 Å². The molecular formula is C7H7BrN2O. The van der Waals surface area contributed by atoms with E-state index in [0.29, 0.717) is 10.5 Å². The van der Waals surface area contributed by atoms with Gasteiger partial charge in [0.2, 0.25) is 5.88 Å². The first-order valence-corrected chi connectivity index (χ1v) is 3.77. The van der Waals surface area contributed by atoms with Crippen LogP contribution in [0.4, 0.5) is 0 Å². The first-order valence-electron chi connectivity index (χ1n) is 2.97. The Balaban J connectivity index is 3.16. The SMILES string of the molecule is C=Cc1cc(Br)nnc1OC. The molecule has 0 radical (unpaired) electrons. The van der Waals surface area contributed by atoms with E-state index in [1.807, 2.05) is 0 Å². The standard InChI is InChI=1S/C7H7BrN2O/c1-3-5-4-6(8)9-10-7(5)11-2/h3-4H,1H2,2H3. The van der Waals surface area contributed by atoms with E-state index in [2.05, 4.69) is 32.7 Å². The number of rotatable bonds is 2. The Morgan fingerprint density at radius 1 is 1.64 bits per heavy atom. The van der Waals surface area contributed by atoms with Crippen LogP contribution in [0.25, 0.3) is 6.08 Å². The molecule has 0 saturated heterocycles. The molecule has 0 bridgehead atoms. The summed E-state index contributed by atoms with van der Waals surface area (Å²) in [5.74, 6) is 0.489. The number of nitrogens with zero attached hydrogens (tertiary/aromatic N) is 2. The summed E-state index contributed by atoms with van der Waals surface area (Å²) in [5, 5.41) is 7.53. The van der Waals surface area contributed by atoms with Crippen LogP contribution in [0.5, 0.6) is 5.88 Å². The number of hydrogen-bond acceptors (Lipinski definition) is 3. The molecule has 0 amide bonds. The zero-order chi connectivity index (χ0) is 8.27. The second-order valence-electron chi connectivity index (χ2n) is 1.84. The molecule has 1 rings (SSSR count). The summed E-state index contributed by atoms with van der Waals surface area (Å²) in [5.41, 5.74) is 0.828. The predicted molar refractivity (Wildman–Crippen MR) is 46.4 cm³/mol. The highest BCUT2D eigenvalue weighted by Gasteiger charge is 2.01. The fourth-order valence-corrected chi connectivity index (χ4v) is 1.00. The van der Waals surface area contributed by atoms with Crippen molar-refractivity contribution in [1.29, 1.82) is 0 Å². The lowest BCUT2D eigenvalue weighted by molar-refractivity contribution is 0.390. The second kappa shape index (κ2) is 3.48. The fourth-order valence-electron chi connectivity index (χ4n) is 0.675. The topological polar surface area (TPSA) is 35.0 Å². The molecule has 11 heavy (non-hydrogen) atoms. The van der Waals surface area contributed by atoms with Crippen LogP contribution in [0, 0.1) is 0 Å². The van der Waals surface area contributed by atoms with Crippen molar-refractivity contribution in [2.45, 2.75) is 0 Å². The monoisotopic (exact) mass is 214 g/mol. The highest BCUT2D eigenvalue weighted by molar-refractivity contribution is 9.10. The van der Waals surface area contributed by atoms with Crippen LogP contribution in [-0.4, -0.2) is 17.3 Å². The molecule has 0 fully saturated rings. The van der Waals surface area contributed by atoms with E-state index in [1.54, 1.807) is 19.3 Å². The molecule has 0 saturated carbocycles. The summed E-state index contributed by atoms with van der Waals surface area (Å²) in [7, 11) is 1.55. The highest BCUT2D eigenvalue weighted by Crippen LogP contribution is 2.17. The number of methoxy groups -OCH3 is 1. The van der Waals surface area contributed by atoms with Crippen molar-refractivity contribution in [3.8, 4) is 5.88 Å². The third-order valence-electron chi connectivity index (χ3n) is 1.17. The van der Waals surface area contributed by atoms with Crippen molar-refractivity contribution >= 4 is 22.0 Å². The van der Waals surface area contributed by atoms with Gasteiger partial charge in [0, 0.05) is 5.56 Å². The van der Waals surface area contributed by atoms with Crippen LogP contribution in [0.2, 0.25) is 0 Å². The minimum absolute atomic E-state index is 0.489. The molecule has 0 aliphatic rings. The van der Waals surface area contributed by atoms with Gasteiger partial charge in [-0.25, -0.2) is 0 Å². The zero-order valence-corrected chi connectivity index (χ0v) is 7.63. The van der Waals surface area contributed by atoms with Gasteiger partial charge in [-0.05, 0) is 22.0 Å². The average molecular weight is 215 g/mol. The first-order chi connectivity index (χ1) is 5.27.